The molecule has 0 saturated carbocycles. The van der Waals surface area contributed by atoms with E-state index in [-0.39, 0.29) is 5.92 Å². The molecular formula is C17H22Cl2N2O. The molecule has 3 rings (SSSR count). The van der Waals surface area contributed by atoms with Gasteiger partial charge in [0.25, 0.3) is 0 Å². The number of rotatable bonds is 3. The molecule has 5 heteroatoms. The maximum absolute atomic E-state index is 12.6. The molecule has 1 aromatic rings. The van der Waals surface area contributed by atoms with E-state index in [0.717, 1.165) is 64.0 Å². The molecule has 1 atom stereocenters. The Labute approximate surface area is 142 Å². The SMILES string of the molecule is O=C([C@@H]1CCCN(Cc2c(Cl)cccc2Cl)C1)N1CCCC1. The minimum atomic E-state index is 0.133. The lowest BCUT2D eigenvalue weighted by atomic mass is 9.96. The summed E-state index contributed by atoms with van der Waals surface area (Å²) in [6.07, 6.45) is 4.36. The van der Waals surface area contributed by atoms with Gasteiger partial charge in [0, 0.05) is 41.8 Å². The highest BCUT2D eigenvalue weighted by Crippen LogP contribution is 2.28. The van der Waals surface area contributed by atoms with Crippen LogP contribution in [-0.2, 0) is 11.3 Å². The molecule has 0 spiro atoms. The van der Waals surface area contributed by atoms with Crippen molar-refractivity contribution in [2.75, 3.05) is 26.2 Å². The summed E-state index contributed by atoms with van der Waals surface area (Å²) in [4.78, 5) is 16.9. The molecule has 120 valence electrons. The van der Waals surface area contributed by atoms with Crippen molar-refractivity contribution in [1.29, 1.82) is 0 Å². The molecule has 0 aromatic heterocycles. The Hall–Kier alpha value is -0.770. The van der Waals surface area contributed by atoms with Gasteiger partial charge < -0.3 is 4.90 Å². The van der Waals surface area contributed by atoms with Crippen LogP contribution in [0.15, 0.2) is 18.2 Å². The first-order valence-electron chi connectivity index (χ1n) is 8.09. The fraction of sp³-hybridized carbons (Fsp3) is 0.588. The molecular weight excluding hydrogens is 319 g/mol. The third kappa shape index (κ3) is 3.58. The number of halogens is 2. The van der Waals surface area contributed by atoms with Gasteiger partial charge in [-0.3, -0.25) is 9.69 Å². The normalized spacial score (nSPS) is 23.0. The predicted molar refractivity (Wildman–Crippen MR) is 90.3 cm³/mol. The first-order chi connectivity index (χ1) is 10.6. The molecule has 1 amide bonds. The highest BCUT2D eigenvalue weighted by molar-refractivity contribution is 6.35. The zero-order valence-corrected chi connectivity index (χ0v) is 14.2. The minimum absolute atomic E-state index is 0.133. The van der Waals surface area contributed by atoms with Crippen LogP contribution < -0.4 is 0 Å². The van der Waals surface area contributed by atoms with Gasteiger partial charge in [0.15, 0.2) is 0 Å². The molecule has 1 aromatic carbocycles. The van der Waals surface area contributed by atoms with E-state index >= 15 is 0 Å². The summed E-state index contributed by atoms with van der Waals surface area (Å²) < 4.78 is 0. The van der Waals surface area contributed by atoms with Crippen LogP contribution in [0.5, 0.6) is 0 Å². The predicted octanol–water partition coefficient (Wildman–Crippen LogP) is 3.83. The lowest BCUT2D eigenvalue weighted by Crippen LogP contribution is -2.43. The summed E-state index contributed by atoms with van der Waals surface area (Å²) in [5, 5.41) is 1.42. The highest BCUT2D eigenvalue weighted by atomic mass is 35.5. The molecule has 0 radical (unpaired) electrons. The van der Waals surface area contributed by atoms with Crippen molar-refractivity contribution in [2.24, 2.45) is 5.92 Å². The molecule has 3 nitrogen and oxygen atoms in total. The summed E-state index contributed by atoms with van der Waals surface area (Å²) in [5.74, 6) is 0.473. The molecule has 2 fully saturated rings. The first kappa shape index (κ1) is 16.1. The second kappa shape index (κ2) is 7.20. The molecule has 2 saturated heterocycles. The van der Waals surface area contributed by atoms with Crippen LogP contribution >= 0.6 is 23.2 Å². The Bertz CT molecular complexity index is 523. The molecule has 22 heavy (non-hydrogen) atoms. The smallest absolute Gasteiger partial charge is 0.226 e. The Balaban J connectivity index is 1.64. The molecule has 2 heterocycles. The van der Waals surface area contributed by atoms with Crippen LogP contribution in [-0.4, -0.2) is 41.9 Å². The van der Waals surface area contributed by atoms with Crippen molar-refractivity contribution < 1.29 is 4.79 Å². The lowest BCUT2D eigenvalue weighted by molar-refractivity contribution is -0.136. The summed E-state index contributed by atoms with van der Waals surface area (Å²) in [5.41, 5.74) is 0.972. The maximum Gasteiger partial charge on any atom is 0.226 e. The van der Waals surface area contributed by atoms with Crippen LogP contribution in [0.1, 0.15) is 31.2 Å². The zero-order valence-electron chi connectivity index (χ0n) is 12.7. The largest absolute Gasteiger partial charge is 0.342 e. The van der Waals surface area contributed by atoms with Crippen LogP contribution in [0.25, 0.3) is 0 Å². The summed E-state index contributed by atoms with van der Waals surface area (Å²) in [6, 6.07) is 5.61. The number of amides is 1. The van der Waals surface area contributed by atoms with Gasteiger partial charge in [-0.1, -0.05) is 29.3 Å². The van der Waals surface area contributed by atoms with Crippen molar-refractivity contribution in [3.05, 3.63) is 33.8 Å². The fourth-order valence-electron chi connectivity index (χ4n) is 3.50. The third-order valence-electron chi connectivity index (χ3n) is 4.72. The summed E-state index contributed by atoms with van der Waals surface area (Å²) in [6.45, 7) is 4.42. The number of benzene rings is 1. The molecule has 0 N–H and O–H groups in total. The second-order valence-corrected chi connectivity index (χ2v) is 7.12. The van der Waals surface area contributed by atoms with Crippen molar-refractivity contribution in [3.63, 3.8) is 0 Å². The van der Waals surface area contributed by atoms with Gasteiger partial charge in [-0.2, -0.15) is 0 Å². The topological polar surface area (TPSA) is 23.6 Å². The van der Waals surface area contributed by atoms with Crippen molar-refractivity contribution in [3.8, 4) is 0 Å². The highest BCUT2D eigenvalue weighted by Gasteiger charge is 2.30. The van der Waals surface area contributed by atoms with Crippen LogP contribution in [0, 0.1) is 5.92 Å². The van der Waals surface area contributed by atoms with Crippen LogP contribution in [0.3, 0.4) is 0 Å². The van der Waals surface area contributed by atoms with Gasteiger partial charge >= 0.3 is 0 Å². The van der Waals surface area contributed by atoms with Gasteiger partial charge in [-0.05, 0) is 44.4 Å². The Morgan fingerprint density at radius 2 is 1.77 bits per heavy atom. The number of nitrogens with zero attached hydrogens (tertiary/aromatic N) is 2. The fourth-order valence-corrected chi connectivity index (χ4v) is 4.02. The van der Waals surface area contributed by atoms with E-state index in [2.05, 4.69) is 4.90 Å². The van der Waals surface area contributed by atoms with Crippen molar-refractivity contribution in [2.45, 2.75) is 32.2 Å². The zero-order chi connectivity index (χ0) is 15.5. The van der Waals surface area contributed by atoms with E-state index in [1.807, 2.05) is 23.1 Å². The van der Waals surface area contributed by atoms with Gasteiger partial charge in [-0.15, -0.1) is 0 Å². The first-order valence-corrected chi connectivity index (χ1v) is 8.85. The van der Waals surface area contributed by atoms with Gasteiger partial charge in [-0.25, -0.2) is 0 Å². The Morgan fingerprint density at radius 3 is 2.45 bits per heavy atom. The van der Waals surface area contributed by atoms with Gasteiger partial charge in [0.05, 0.1) is 5.92 Å². The average molecular weight is 341 g/mol. The number of piperidine rings is 1. The molecule has 2 aliphatic heterocycles. The summed E-state index contributed by atoms with van der Waals surface area (Å²) in [7, 11) is 0. The van der Waals surface area contributed by atoms with Crippen LogP contribution in [0.4, 0.5) is 0 Å². The quantitative estimate of drug-likeness (QED) is 0.834. The second-order valence-electron chi connectivity index (χ2n) is 6.31. The van der Waals surface area contributed by atoms with E-state index in [1.165, 1.54) is 0 Å². The number of hydrogen-bond acceptors (Lipinski definition) is 2. The molecule has 0 aliphatic carbocycles. The van der Waals surface area contributed by atoms with E-state index in [1.54, 1.807) is 0 Å². The number of hydrogen-bond donors (Lipinski definition) is 0. The van der Waals surface area contributed by atoms with Gasteiger partial charge in [0.2, 0.25) is 5.91 Å². The molecule has 2 aliphatic rings. The third-order valence-corrected chi connectivity index (χ3v) is 5.42. The standard InChI is InChI=1S/C17H22Cl2N2O/c18-15-6-3-7-16(19)14(15)12-20-8-4-5-13(11-20)17(22)21-9-1-2-10-21/h3,6-7,13H,1-2,4-5,8-12H2/t13-/m1/s1. The lowest BCUT2D eigenvalue weighted by Gasteiger charge is -2.34. The average Bonchev–Trinajstić information content (AvgIpc) is 3.05. The van der Waals surface area contributed by atoms with Crippen LogP contribution in [0.2, 0.25) is 10.0 Å². The minimum Gasteiger partial charge on any atom is -0.342 e. The van der Waals surface area contributed by atoms with E-state index in [0.29, 0.717) is 16.0 Å². The number of carbonyl (C=O) groups excluding carboxylic acids is 1. The Morgan fingerprint density at radius 1 is 1.09 bits per heavy atom. The van der Waals surface area contributed by atoms with E-state index in [9.17, 15) is 4.79 Å². The molecule has 0 bridgehead atoms. The Kier molecular flexibility index (Phi) is 5.27. The van der Waals surface area contributed by atoms with E-state index < -0.39 is 0 Å². The van der Waals surface area contributed by atoms with Crippen molar-refractivity contribution in [1.82, 2.24) is 9.80 Å². The summed E-state index contributed by atoms with van der Waals surface area (Å²) >= 11 is 12.5. The number of likely N-dealkylation sites (tertiary alicyclic amines) is 2. The monoisotopic (exact) mass is 340 g/mol. The molecule has 0 unspecified atom stereocenters. The number of carbonyl (C=O) groups is 1. The van der Waals surface area contributed by atoms with Gasteiger partial charge in [0.1, 0.15) is 0 Å². The van der Waals surface area contributed by atoms with E-state index in [4.69, 9.17) is 23.2 Å². The van der Waals surface area contributed by atoms with Crippen molar-refractivity contribution >= 4 is 29.1 Å². The maximum atomic E-state index is 12.6.